The molecule has 3 rings (SSSR count). The van der Waals surface area contributed by atoms with E-state index < -0.39 is 29.3 Å². The van der Waals surface area contributed by atoms with Gasteiger partial charge in [-0.25, -0.2) is 0 Å². The van der Waals surface area contributed by atoms with Crippen LogP contribution in [0.3, 0.4) is 0 Å². The monoisotopic (exact) mass is 356 g/mol. The number of nitro groups is 1. The quantitative estimate of drug-likeness (QED) is 0.487. The van der Waals surface area contributed by atoms with Crippen molar-refractivity contribution in [2.45, 2.75) is 31.3 Å². The van der Waals surface area contributed by atoms with Gasteiger partial charge in [0.25, 0.3) is 11.6 Å². The van der Waals surface area contributed by atoms with Gasteiger partial charge in [0.2, 0.25) is 0 Å². The summed E-state index contributed by atoms with van der Waals surface area (Å²) in [5.74, 6) is -0.226. The zero-order chi connectivity index (χ0) is 18.8. The number of non-ortho nitro benzene ring substituents is 1. The molecule has 1 N–H and O–H groups in total. The number of ether oxygens (including phenoxy) is 1. The van der Waals surface area contributed by atoms with Crippen molar-refractivity contribution in [1.82, 2.24) is 4.90 Å². The molecule has 1 heterocycles. The summed E-state index contributed by atoms with van der Waals surface area (Å²) in [5, 5.41) is 21.2. The van der Waals surface area contributed by atoms with E-state index >= 15 is 0 Å². The van der Waals surface area contributed by atoms with Crippen LogP contribution in [-0.2, 0) is 9.53 Å². The van der Waals surface area contributed by atoms with Crippen LogP contribution in [0.4, 0.5) is 5.69 Å². The minimum Gasteiger partial charge on any atom is -0.386 e. The van der Waals surface area contributed by atoms with Gasteiger partial charge in [-0.3, -0.25) is 14.9 Å². The van der Waals surface area contributed by atoms with Gasteiger partial charge in [0, 0.05) is 19.2 Å². The lowest BCUT2D eigenvalue weighted by Gasteiger charge is -2.29. The van der Waals surface area contributed by atoms with Crippen molar-refractivity contribution in [3.8, 4) is 0 Å². The second-order valence-corrected chi connectivity index (χ2v) is 6.37. The fraction of sp³-hybridized carbons (Fsp3) is 0.316. The summed E-state index contributed by atoms with van der Waals surface area (Å²) in [6.45, 7) is 1.78. The van der Waals surface area contributed by atoms with Crippen LogP contribution in [0.2, 0.25) is 0 Å². The highest BCUT2D eigenvalue weighted by molar-refractivity contribution is 5.84. The number of nitro benzene ring substituents is 1. The molecule has 1 aliphatic heterocycles. The number of nitrogens with zero attached hydrogens (tertiary/aromatic N) is 2. The fourth-order valence-corrected chi connectivity index (χ4v) is 2.88. The Morgan fingerprint density at radius 1 is 1.19 bits per heavy atom. The molecule has 2 aromatic rings. The van der Waals surface area contributed by atoms with E-state index in [1.165, 1.54) is 17.0 Å². The second-order valence-electron chi connectivity index (χ2n) is 6.37. The Hall–Kier alpha value is -2.77. The number of aliphatic hydroxyl groups is 1. The van der Waals surface area contributed by atoms with Gasteiger partial charge in [0.05, 0.1) is 17.1 Å². The number of aliphatic hydroxyl groups excluding tert-OH is 1. The van der Waals surface area contributed by atoms with Gasteiger partial charge in [-0.2, -0.15) is 0 Å². The number of hydrogen-bond donors (Lipinski definition) is 1. The summed E-state index contributed by atoms with van der Waals surface area (Å²) >= 11 is 0. The molecule has 0 radical (unpaired) electrons. The molecule has 7 heteroatoms. The summed E-state index contributed by atoms with van der Waals surface area (Å²) < 4.78 is 5.48. The van der Waals surface area contributed by atoms with E-state index in [0.717, 1.165) is 11.1 Å². The van der Waals surface area contributed by atoms with Crippen molar-refractivity contribution in [3.05, 3.63) is 75.8 Å². The molecule has 1 fully saturated rings. The molecule has 7 nitrogen and oxygen atoms in total. The number of carbonyl (C=O) groups is 1. The van der Waals surface area contributed by atoms with Crippen LogP contribution in [0.15, 0.2) is 54.6 Å². The molecular formula is C19H20N2O5. The number of benzene rings is 2. The van der Waals surface area contributed by atoms with Gasteiger partial charge in [-0.15, -0.1) is 0 Å². The van der Waals surface area contributed by atoms with Crippen molar-refractivity contribution in [2.24, 2.45) is 0 Å². The molecule has 0 saturated carbocycles. The smallest absolute Gasteiger partial charge is 0.269 e. The average Bonchev–Trinajstić information content (AvgIpc) is 3.47. The van der Waals surface area contributed by atoms with Crippen LogP contribution in [0.25, 0.3) is 0 Å². The summed E-state index contributed by atoms with van der Waals surface area (Å²) in [6, 6.07) is 14.7. The van der Waals surface area contributed by atoms with Crippen LogP contribution in [-0.4, -0.2) is 40.0 Å². The molecule has 1 amide bonds. The Kier molecular flexibility index (Phi) is 5.01. The molecule has 136 valence electrons. The molecule has 0 aliphatic carbocycles. The number of epoxide rings is 1. The number of carbonyl (C=O) groups excluding carboxylic acids is 1. The Bertz CT molecular complexity index is 793. The van der Waals surface area contributed by atoms with E-state index in [9.17, 15) is 20.0 Å². The number of hydrogen-bond acceptors (Lipinski definition) is 5. The molecule has 4 atom stereocenters. The molecule has 26 heavy (non-hydrogen) atoms. The minimum absolute atomic E-state index is 0.00556. The molecule has 0 spiro atoms. The van der Waals surface area contributed by atoms with E-state index in [-0.39, 0.29) is 11.6 Å². The van der Waals surface area contributed by atoms with Crippen molar-refractivity contribution in [3.63, 3.8) is 0 Å². The van der Waals surface area contributed by atoms with E-state index in [1.54, 1.807) is 26.1 Å². The van der Waals surface area contributed by atoms with E-state index in [4.69, 9.17) is 4.74 Å². The van der Waals surface area contributed by atoms with Crippen molar-refractivity contribution in [1.29, 1.82) is 0 Å². The first-order valence-electron chi connectivity index (χ1n) is 8.29. The van der Waals surface area contributed by atoms with Gasteiger partial charge in [0.1, 0.15) is 6.10 Å². The Labute approximate surface area is 151 Å². The first kappa shape index (κ1) is 18.0. The maximum absolute atomic E-state index is 12.6. The zero-order valence-corrected chi connectivity index (χ0v) is 14.5. The lowest BCUT2D eigenvalue weighted by Crippen LogP contribution is -2.41. The lowest BCUT2D eigenvalue weighted by molar-refractivity contribution is -0.384. The van der Waals surface area contributed by atoms with Crippen LogP contribution >= 0.6 is 0 Å². The Balaban J connectivity index is 1.63. The van der Waals surface area contributed by atoms with Crippen molar-refractivity contribution >= 4 is 11.6 Å². The highest BCUT2D eigenvalue weighted by atomic mass is 16.6. The van der Waals surface area contributed by atoms with Crippen molar-refractivity contribution in [2.75, 3.05) is 7.05 Å². The lowest BCUT2D eigenvalue weighted by atomic mass is 10.0. The summed E-state index contributed by atoms with van der Waals surface area (Å²) in [5.41, 5.74) is 1.45. The number of rotatable bonds is 6. The van der Waals surface area contributed by atoms with Gasteiger partial charge in [-0.1, -0.05) is 30.3 Å². The fourth-order valence-electron chi connectivity index (χ4n) is 2.88. The molecule has 2 aromatic carbocycles. The Morgan fingerprint density at radius 2 is 1.81 bits per heavy atom. The predicted octanol–water partition coefficient (Wildman–Crippen LogP) is 2.62. The molecule has 1 saturated heterocycles. The SMILES string of the molecule is C[C@@H]([C@@H](O)c1ccccc1)N(C)C(=O)[C@@H]1O[C@H]1c1ccc([N+](=O)[O-])cc1. The van der Waals surface area contributed by atoms with Gasteiger partial charge >= 0.3 is 0 Å². The molecular weight excluding hydrogens is 336 g/mol. The molecule has 0 unspecified atom stereocenters. The number of amides is 1. The van der Waals surface area contributed by atoms with Crippen LogP contribution in [0, 0.1) is 10.1 Å². The second kappa shape index (κ2) is 7.23. The highest BCUT2D eigenvalue weighted by Gasteiger charge is 2.48. The first-order chi connectivity index (χ1) is 12.4. The van der Waals surface area contributed by atoms with E-state index in [1.807, 2.05) is 30.3 Å². The normalized spacial score (nSPS) is 20.9. The minimum atomic E-state index is -0.804. The largest absolute Gasteiger partial charge is 0.386 e. The first-order valence-corrected chi connectivity index (χ1v) is 8.29. The van der Waals surface area contributed by atoms with Crippen LogP contribution in [0.5, 0.6) is 0 Å². The summed E-state index contributed by atoms with van der Waals surface area (Å²) in [7, 11) is 1.63. The highest BCUT2D eigenvalue weighted by Crippen LogP contribution is 2.40. The summed E-state index contributed by atoms with van der Waals surface area (Å²) in [6.07, 6.45) is -1.85. The van der Waals surface area contributed by atoms with Crippen LogP contribution < -0.4 is 0 Å². The third-order valence-corrected chi connectivity index (χ3v) is 4.72. The summed E-state index contributed by atoms with van der Waals surface area (Å²) in [4.78, 5) is 24.3. The topological polar surface area (TPSA) is 96.2 Å². The predicted molar refractivity (Wildman–Crippen MR) is 94.3 cm³/mol. The third kappa shape index (κ3) is 3.58. The van der Waals surface area contributed by atoms with Gasteiger partial charge in [0.15, 0.2) is 6.10 Å². The van der Waals surface area contributed by atoms with E-state index in [2.05, 4.69) is 0 Å². The maximum Gasteiger partial charge on any atom is 0.269 e. The zero-order valence-electron chi connectivity index (χ0n) is 14.5. The third-order valence-electron chi connectivity index (χ3n) is 4.72. The van der Waals surface area contributed by atoms with Crippen molar-refractivity contribution < 1.29 is 19.6 Å². The number of likely N-dealkylation sites (N-methyl/N-ethyl adjacent to an activating group) is 1. The molecule has 1 aliphatic rings. The van der Waals surface area contributed by atoms with Gasteiger partial charge < -0.3 is 14.7 Å². The Morgan fingerprint density at radius 3 is 2.38 bits per heavy atom. The van der Waals surface area contributed by atoms with Gasteiger partial charge in [-0.05, 0) is 30.2 Å². The molecule has 0 aromatic heterocycles. The standard InChI is InChI=1S/C19H20N2O5/c1-12(16(22)13-6-4-3-5-7-13)20(2)19(23)18-17(26-18)14-8-10-15(11-9-14)21(24)25/h3-12,16-18,22H,1-2H3/t12-,16+,17-,18+/m0/s1. The maximum atomic E-state index is 12.6. The molecule has 0 bridgehead atoms. The van der Waals surface area contributed by atoms with Crippen LogP contribution in [0.1, 0.15) is 30.3 Å². The van der Waals surface area contributed by atoms with E-state index in [0.29, 0.717) is 0 Å². The average molecular weight is 356 g/mol.